The fraction of sp³-hybridized carbons (Fsp3) is 0.111. The van der Waals surface area contributed by atoms with Gasteiger partial charge in [-0.25, -0.2) is 8.78 Å². The summed E-state index contributed by atoms with van der Waals surface area (Å²) >= 11 is 6.93. The van der Waals surface area contributed by atoms with Crippen molar-refractivity contribution in [3.63, 3.8) is 0 Å². The molecule has 0 N–H and O–H groups in total. The molecule has 0 aliphatic carbocycles. The second-order valence-electron chi connectivity index (χ2n) is 2.74. The average Bonchev–Trinajstić information content (AvgIpc) is 2.46. The van der Waals surface area contributed by atoms with Crippen molar-refractivity contribution in [3.05, 3.63) is 31.1 Å². The van der Waals surface area contributed by atoms with Crippen LogP contribution in [0.3, 0.4) is 0 Å². The first kappa shape index (κ1) is 10.8. The topological polar surface area (TPSA) is 0 Å². The second-order valence-corrected chi connectivity index (χ2v) is 6.48. The molecule has 0 bridgehead atoms. The van der Waals surface area contributed by atoms with Gasteiger partial charge in [0.05, 0.1) is 7.58 Å². The van der Waals surface area contributed by atoms with Crippen LogP contribution in [0.25, 0.3) is 10.1 Å². The molecule has 0 saturated heterocycles. The van der Waals surface area contributed by atoms with Crippen LogP contribution in [0.15, 0.2) is 22.7 Å². The summed E-state index contributed by atoms with van der Waals surface area (Å²) < 4.78 is 27.6. The van der Waals surface area contributed by atoms with Gasteiger partial charge in [0.1, 0.15) is 0 Å². The summed E-state index contributed by atoms with van der Waals surface area (Å²) in [6.07, 6.45) is -2.42. The smallest absolute Gasteiger partial charge is 0.205 e. The van der Waals surface area contributed by atoms with Crippen LogP contribution in [-0.2, 0) is 0 Å². The van der Waals surface area contributed by atoms with Crippen LogP contribution < -0.4 is 0 Å². The van der Waals surface area contributed by atoms with E-state index >= 15 is 0 Å². The average molecular weight is 389 g/mol. The molecule has 2 rings (SSSR count). The zero-order valence-electron chi connectivity index (χ0n) is 6.73. The van der Waals surface area contributed by atoms with Crippen LogP contribution in [0.2, 0.25) is 0 Å². The SMILES string of the molecule is FC(F)c1ccc2cc(I)sc2c1Br. The molecule has 2 aromatic rings. The summed E-state index contributed by atoms with van der Waals surface area (Å²) in [6, 6.07) is 5.20. The molecule has 74 valence electrons. The number of fused-ring (bicyclic) bond motifs is 1. The predicted octanol–water partition coefficient (Wildman–Crippen LogP) is 5.21. The second kappa shape index (κ2) is 4.02. The minimum atomic E-state index is -2.42. The highest BCUT2D eigenvalue weighted by Gasteiger charge is 2.14. The maximum Gasteiger partial charge on any atom is 0.264 e. The molecule has 0 radical (unpaired) electrons. The lowest BCUT2D eigenvalue weighted by Gasteiger charge is -2.03. The molecule has 0 unspecified atom stereocenters. The standard InChI is InChI=1S/C9H4BrF2IS/c10-7-5(9(11)12)2-1-4-3-6(13)14-8(4)7/h1-3,9H. The van der Waals surface area contributed by atoms with Crippen molar-refractivity contribution in [1.82, 2.24) is 0 Å². The molecule has 0 fully saturated rings. The van der Waals surface area contributed by atoms with Gasteiger partial charge in [0.2, 0.25) is 0 Å². The van der Waals surface area contributed by atoms with Gasteiger partial charge in [-0.3, -0.25) is 0 Å². The molecular formula is C9H4BrF2IS. The van der Waals surface area contributed by atoms with E-state index in [0.29, 0.717) is 4.47 Å². The van der Waals surface area contributed by atoms with E-state index in [0.717, 1.165) is 13.0 Å². The summed E-state index contributed by atoms with van der Waals surface area (Å²) in [4.78, 5) is 0. The van der Waals surface area contributed by atoms with Crippen molar-refractivity contribution in [1.29, 1.82) is 0 Å². The fourth-order valence-electron chi connectivity index (χ4n) is 1.22. The quantitative estimate of drug-likeness (QED) is 0.588. The molecule has 0 atom stereocenters. The van der Waals surface area contributed by atoms with Crippen LogP contribution in [0.1, 0.15) is 12.0 Å². The summed E-state index contributed by atoms with van der Waals surface area (Å²) in [5, 5.41) is 1.01. The van der Waals surface area contributed by atoms with Gasteiger partial charge in [0.15, 0.2) is 0 Å². The van der Waals surface area contributed by atoms with E-state index in [1.807, 2.05) is 6.07 Å². The summed E-state index contributed by atoms with van der Waals surface area (Å²) in [7, 11) is 0. The summed E-state index contributed by atoms with van der Waals surface area (Å²) in [5.74, 6) is 0. The lowest BCUT2D eigenvalue weighted by molar-refractivity contribution is 0.151. The number of halogens is 4. The maximum atomic E-state index is 12.5. The van der Waals surface area contributed by atoms with Gasteiger partial charge in [0.25, 0.3) is 6.43 Å². The van der Waals surface area contributed by atoms with Crippen molar-refractivity contribution in [2.45, 2.75) is 6.43 Å². The lowest BCUT2D eigenvalue weighted by Crippen LogP contribution is -1.84. The van der Waals surface area contributed by atoms with Gasteiger partial charge in [-0.1, -0.05) is 12.1 Å². The normalized spacial score (nSPS) is 11.5. The molecule has 0 aliphatic heterocycles. The van der Waals surface area contributed by atoms with Crippen molar-refractivity contribution in [3.8, 4) is 0 Å². The molecule has 0 saturated carbocycles. The largest absolute Gasteiger partial charge is 0.264 e. The highest BCUT2D eigenvalue weighted by molar-refractivity contribution is 14.1. The third kappa shape index (κ3) is 1.81. The third-order valence-electron chi connectivity index (χ3n) is 1.86. The molecule has 0 spiro atoms. The monoisotopic (exact) mass is 388 g/mol. The van der Waals surface area contributed by atoms with Crippen LogP contribution in [0.5, 0.6) is 0 Å². The maximum absolute atomic E-state index is 12.5. The van der Waals surface area contributed by atoms with Gasteiger partial charge in [-0.2, -0.15) is 0 Å². The minimum absolute atomic E-state index is 0.0655. The van der Waals surface area contributed by atoms with E-state index in [-0.39, 0.29) is 5.56 Å². The molecule has 1 heterocycles. The van der Waals surface area contributed by atoms with Crippen LogP contribution in [0.4, 0.5) is 8.78 Å². The van der Waals surface area contributed by atoms with Crippen molar-refractivity contribution in [2.24, 2.45) is 0 Å². The Morgan fingerprint density at radius 1 is 1.36 bits per heavy atom. The Bertz CT molecular complexity index is 481. The molecule has 0 aliphatic rings. The zero-order chi connectivity index (χ0) is 10.3. The molecule has 1 aromatic carbocycles. The van der Waals surface area contributed by atoms with Gasteiger partial charge in [-0.15, -0.1) is 11.3 Å². The first-order valence-corrected chi connectivity index (χ1v) is 6.44. The Morgan fingerprint density at radius 2 is 2.07 bits per heavy atom. The van der Waals surface area contributed by atoms with E-state index in [4.69, 9.17) is 0 Å². The van der Waals surface area contributed by atoms with Crippen LogP contribution in [-0.4, -0.2) is 0 Å². The van der Waals surface area contributed by atoms with E-state index in [9.17, 15) is 8.78 Å². The summed E-state index contributed by atoms with van der Waals surface area (Å²) in [6.45, 7) is 0. The van der Waals surface area contributed by atoms with E-state index in [1.165, 1.54) is 17.4 Å². The van der Waals surface area contributed by atoms with E-state index in [1.54, 1.807) is 6.07 Å². The molecule has 0 amide bonds. The van der Waals surface area contributed by atoms with Crippen molar-refractivity contribution >= 4 is 59.9 Å². The van der Waals surface area contributed by atoms with E-state index < -0.39 is 6.43 Å². The molecule has 0 nitrogen and oxygen atoms in total. The van der Waals surface area contributed by atoms with Gasteiger partial charge < -0.3 is 0 Å². The van der Waals surface area contributed by atoms with Gasteiger partial charge in [-0.05, 0) is 50.0 Å². The van der Waals surface area contributed by atoms with Gasteiger partial charge >= 0.3 is 0 Å². The number of rotatable bonds is 1. The fourth-order valence-corrected chi connectivity index (χ4v) is 3.83. The third-order valence-corrected chi connectivity index (χ3v) is 4.91. The molecule has 1 aromatic heterocycles. The number of benzene rings is 1. The Morgan fingerprint density at radius 3 is 2.71 bits per heavy atom. The number of hydrogen-bond acceptors (Lipinski definition) is 1. The Kier molecular flexibility index (Phi) is 3.09. The first-order valence-electron chi connectivity index (χ1n) is 3.75. The molecular weight excluding hydrogens is 385 g/mol. The highest BCUT2D eigenvalue weighted by atomic mass is 127. The Balaban J connectivity index is 2.74. The zero-order valence-corrected chi connectivity index (χ0v) is 11.3. The van der Waals surface area contributed by atoms with Gasteiger partial charge in [0, 0.05) is 10.0 Å². The van der Waals surface area contributed by atoms with Crippen molar-refractivity contribution < 1.29 is 8.78 Å². The van der Waals surface area contributed by atoms with Crippen molar-refractivity contribution in [2.75, 3.05) is 0 Å². The number of alkyl halides is 2. The van der Waals surface area contributed by atoms with E-state index in [2.05, 4.69) is 38.5 Å². The molecule has 5 heteroatoms. The predicted molar refractivity (Wildman–Crippen MR) is 67.2 cm³/mol. The highest BCUT2D eigenvalue weighted by Crippen LogP contribution is 2.38. The number of hydrogen-bond donors (Lipinski definition) is 0. The first-order chi connectivity index (χ1) is 6.59. The minimum Gasteiger partial charge on any atom is -0.205 e. The Hall–Kier alpha value is 0.250. The molecule has 14 heavy (non-hydrogen) atoms. The Labute approximate surface area is 106 Å². The number of thiophene rings is 1. The lowest BCUT2D eigenvalue weighted by atomic mass is 10.2. The summed E-state index contributed by atoms with van der Waals surface area (Å²) in [5.41, 5.74) is 0.0655. The van der Waals surface area contributed by atoms with Crippen LogP contribution in [0, 0.1) is 2.88 Å². The van der Waals surface area contributed by atoms with Crippen LogP contribution >= 0.6 is 49.9 Å².